The number of hydrogen-bond donors (Lipinski definition) is 2. The van der Waals surface area contributed by atoms with Crippen molar-refractivity contribution in [1.82, 2.24) is 15.1 Å². The monoisotopic (exact) mass is 224 g/mol. The highest BCUT2D eigenvalue weighted by Gasteiger charge is 2.04. The van der Waals surface area contributed by atoms with E-state index in [9.17, 15) is 4.79 Å². The summed E-state index contributed by atoms with van der Waals surface area (Å²) in [6.07, 6.45) is 5.55. The van der Waals surface area contributed by atoms with E-state index < -0.39 is 0 Å². The van der Waals surface area contributed by atoms with Crippen molar-refractivity contribution < 1.29 is 4.79 Å². The molecule has 2 amide bonds. The quantitative estimate of drug-likeness (QED) is 0.754. The molecule has 0 bridgehead atoms. The molecule has 0 unspecified atom stereocenters. The minimum Gasteiger partial charge on any atom is -0.338 e. The van der Waals surface area contributed by atoms with Gasteiger partial charge in [0.25, 0.3) is 0 Å². The van der Waals surface area contributed by atoms with Crippen LogP contribution in [0.2, 0.25) is 0 Å². The molecular formula is C11H20N4O. The maximum absolute atomic E-state index is 11.4. The molecular weight excluding hydrogens is 204 g/mol. The molecule has 0 saturated heterocycles. The first-order chi connectivity index (χ1) is 7.63. The van der Waals surface area contributed by atoms with Crippen molar-refractivity contribution in [2.24, 2.45) is 0 Å². The van der Waals surface area contributed by atoms with Crippen LogP contribution < -0.4 is 10.6 Å². The zero-order chi connectivity index (χ0) is 12.0. The lowest BCUT2D eigenvalue weighted by Gasteiger charge is -2.05. The zero-order valence-corrected chi connectivity index (χ0v) is 10.2. The Kier molecular flexibility index (Phi) is 4.82. The smallest absolute Gasteiger partial charge is 0.319 e. The summed E-state index contributed by atoms with van der Waals surface area (Å²) in [6, 6.07) is 0.135. The van der Waals surface area contributed by atoms with Crippen LogP contribution >= 0.6 is 0 Å². The van der Waals surface area contributed by atoms with E-state index in [0.717, 1.165) is 18.5 Å². The van der Waals surface area contributed by atoms with Crippen molar-refractivity contribution in [2.45, 2.75) is 39.7 Å². The van der Waals surface area contributed by atoms with E-state index in [0.29, 0.717) is 12.6 Å². The lowest BCUT2D eigenvalue weighted by molar-refractivity contribution is 0.252. The molecule has 5 heteroatoms. The van der Waals surface area contributed by atoms with E-state index in [2.05, 4.69) is 22.7 Å². The molecule has 1 heterocycles. The van der Waals surface area contributed by atoms with Crippen molar-refractivity contribution in [3.05, 3.63) is 12.4 Å². The Morgan fingerprint density at radius 3 is 2.88 bits per heavy atom. The fourth-order valence-electron chi connectivity index (χ4n) is 1.24. The first-order valence-electron chi connectivity index (χ1n) is 5.72. The summed E-state index contributed by atoms with van der Waals surface area (Å²) in [5.74, 6) is 0. The Morgan fingerprint density at radius 2 is 2.31 bits per heavy atom. The third-order valence-electron chi connectivity index (χ3n) is 2.20. The number of hydrogen-bond acceptors (Lipinski definition) is 2. The van der Waals surface area contributed by atoms with Crippen LogP contribution in [0.15, 0.2) is 12.4 Å². The topological polar surface area (TPSA) is 59.0 Å². The van der Waals surface area contributed by atoms with Crippen LogP contribution in [0.25, 0.3) is 0 Å². The van der Waals surface area contributed by atoms with Gasteiger partial charge in [0, 0.05) is 18.8 Å². The van der Waals surface area contributed by atoms with Crippen molar-refractivity contribution in [2.75, 3.05) is 11.9 Å². The zero-order valence-electron chi connectivity index (χ0n) is 10.2. The molecule has 0 saturated carbocycles. The summed E-state index contributed by atoms with van der Waals surface area (Å²) in [5, 5.41) is 9.67. The molecule has 0 fully saturated rings. The Labute approximate surface area is 96.2 Å². The summed E-state index contributed by atoms with van der Waals surface area (Å²) in [5.41, 5.74) is 0.725. The highest BCUT2D eigenvalue weighted by atomic mass is 16.2. The molecule has 1 rings (SSSR count). The van der Waals surface area contributed by atoms with Crippen LogP contribution in [0.4, 0.5) is 10.5 Å². The number of aromatic nitrogens is 2. The minimum atomic E-state index is -0.170. The number of nitrogens with zero attached hydrogens (tertiary/aromatic N) is 2. The summed E-state index contributed by atoms with van der Waals surface area (Å²) in [6.45, 7) is 6.88. The number of nitrogens with one attached hydrogen (secondary N) is 2. The van der Waals surface area contributed by atoms with Gasteiger partial charge in [-0.05, 0) is 20.3 Å². The molecule has 0 aliphatic heterocycles. The molecule has 1 aromatic rings. The van der Waals surface area contributed by atoms with Crippen LogP contribution in [-0.4, -0.2) is 22.4 Å². The second-order valence-electron chi connectivity index (χ2n) is 4.04. The highest BCUT2D eigenvalue weighted by molar-refractivity contribution is 5.88. The molecule has 0 aliphatic rings. The van der Waals surface area contributed by atoms with Crippen molar-refractivity contribution >= 4 is 11.7 Å². The van der Waals surface area contributed by atoms with Gasteiger partial charge in [0.1, 0.15) is 0 Å². The lowest BCUT2D eigenvalue weighted by Crippen LogP contribution is -2.29. The number of carbonyl (C=O) groups excluding carboxylic acids is 1. The first kappa shape index (κ1) is 12.5. The number of urea groups is 1. The lowest BCUT2D eigenvalue weighted by atomic mass is 10.3. The molecule has 0 aromatic carbocycles. The van der Waals surface area contributed by atoms with Crippen LogP contribution in [0.1, 0.15) is 39.7 Å². The molecule has 90 valence electrons. The Morgan fingerprint density at radius 1 is 1.56 bits per heavy atom. The normalized spacial score (nSPS) is 10.5. The Bertz CT molecular complexity index is 332. The third-order valence-corrected chi connectivity index (χ3v) is 2.20. The van der Waals surface area contributed by atoms with Crippen molar-refractivity contribution in [1.29, 1.82) is 0 Å². The average Bonchev–Trinajstić information content (AvgIpc) is 2.66. The fraction of sp³-hybridized carbons (Fsp3) is 0.636. The number of rotatable bonds is 5. The van der Waals surface area contributed by atoms with Crippen LogP contribution in [0.3, 0.4) is 0 Å². The van der Waals surface area contributed by atoms with Gasteiger partial charge < -0.3 is 10.6 Å². The number of carbonyl (C=O) groups is 1. The Balaban J connectivity index is 2.37. The molecule has 5 nitrogen and oxygen atoms in total. The maximum Gasteiger partial charge on any atom is 0.319 e. The molecule has 2 N–H and O–H groups in total. The van der Waals surface area contributed by atoms with E-state index in [1.165, 1.54) is 0 Å². The standard InChI is InChI=1S/C11H20N4O/c1-4-5-6-12-11(16)14-10-7-13-15(8-10)9(2)3/h7-9H,4-6H2,1-3H3,(H2,12,14,16). The predicted molar refractivity (Wildman–Crippen MR) is 64.5 cm³/mol. The molecule has 0 radical (unpaired) electrons. The summed E-state index contributed by atoms with van der Waals surface area (Å²) in [4.78, 5) is 11.4. The van der Waals surface area contributed by atoms with Gasteiger partial charge in [0.2, 0.25) is 0 Å². The van der Waals surface area contributed by atoms with Crippen LogP contribution in [0.5, 0.6) is 0 Å². The highest BCUT2D eigenvalue weighted by Crippen LogP contribution is 2.09. The summed E-state index contributed by atoms with van der Waals surface area (Å²) >= 11 is 0. The predicted octanol–water partition coefficient (Wildman–Crippen LogP) is 2.39. The van der Waals surface area contributed by atoms with Gasteiger partial charge in [-0.25, -0.2) is 4.79 Å². The van der Waals surface area contributed by atoms with Gasteiger partial charge in [-0.3, -0.25) is 4.68 Å². The summed E-state index contributed by atoms with van der Waals surface area (Å²) in [7, 11) is 0. The van der Waals surface area contributed by atoms with Gasteiger partial charge in [0.15, 0.2) is 0 Å². The number of unbranched alkanes of at least 4 members (excludes halogenated alkanes) is 1. The number of anilines is 1. The van der Waals surface area contributed by atoms with E-state index in [4.69, 9.17) is 0 Å². The van der Waals surface area contributed by atoms with Gasteiger partial charge in [-0.1, -0.05) is 13.3 Å². The SMILES string of the molecule is CCCCNC(=O)Nc1cnn(C(C)C)c1. The van der Waals surface area contributed by atoms with Crippen molar-refractivity contribution in [3.8, 4) is 0 Å². The molecule has 0 spiro atoms. The third kappa shape index (κ3) is 3.92. The Hall–Kier alpha value is -1.52. The minimum absolute atomic E-state index is 0.170. The molecule has 0 atom stereocenters. The van der Waals surface area contributed by atoms with Gasteiger partial charge >= 0.3 is 6.03 Å². The molecule has 16 heavy (non-hydrogen) atoms. The second-order valence-corrected chi connectivity index (χ2v) is 4.04. The number of amides is 2. The van der Waals surface area contributed by atoms with E-state index in [1.807, 2.05) is 24.7 Å². The molecule has 1 aromatic heterocycles. The maximum atomic E-state index is 11.4. The van der Waals surface area contributed by atoms with Crippen LogP contribution in [0, 0.1) is 0 Å². The fourth-order valence-corrected chi connectivity index (χ4v) is 1.24. The van der Waals surface area contributed by atoms with Crippen LogP contribution in [-0.2, 0) is 0 Å². The van der Waals surface area contributed by atoms with E-state index in [-0.39, 0.29) is 6.03 Å². The average molecular weight is 224 g/mol. The van der Waals surface area contributed by atoms with Gasteiger partial charge in [0.05, 0.1) is 11.9 Å². The second kappa shape index (κ2) is 6.15. The summed E-state index contributed by atoms with van der Waals surface area (Å²) < 4.78 is 1.81. The van der Waals surface area contributed by atoms with E-state index >= 15 is 0 Å². The largest absolute Gasteiger partial charge is 0.338 e. The van der Waals surface area contributed by atoms with E-state index in [1.54, 1.807) is 6.20 Å². The molecule has 0 aliphatic carbocycles. The first-order valence-corrected chi connectivity index (χ1v) is 5.72. The van der Waals surface area contributed by atoms with Gasteiger partial charge in [-0.15, -0.1) is 0 Å². The van der Waals surface area contributed by atoms with Gasteiger partial charge in [-0.2, -0.15) is 5.10 Å². The van der Waals surface area contributed by atoms with Crippen molar-refractivity contribution in [3.63, 3.8) is 0 Å².